The fourth-order valence-electron chi connectivity index (χ4n) is 1.72. The molecule has 2 fully saturated rings. The predicted molar refractivity (Wildman–Crippen MR) is 37.4 cm³/mol. The van der Waals surface area contributed by atoms with Gasteiger partial charge in [-0.3, -0.25) is 0 Å². The van der Waals surface area contributed by atoms with Crippen molar-refractivity contribution < 1.29 is 0 Å². The molecule has 1 saturated carbocycles. The fourth-order valence-corrected chi connectivity index (χ4v) is 1.72. The molecule has 2 heteroatoms. The van der Waals surface area contributed by atoms with Gasteiger partial charge in [-0.25, -0.2) is 0 Å². The van der Waals surface area contributed by atoms with Crippen molar-refractivity contribution in [2.45, 2.75) is 18.9 Å². The lowest BCUT2D eigenvalue weighted by atomic mass is 9.80. The Kier molecular flexibility index (Phi) is 1.44. The molecule has 2 unspecified atom stereocenters. The molecular formula is C7H14N2. The summed E-state index contributed by atoms with van der Waals surface area (Å²) < 4.78 is 0. The second kappa shape index (κ2) is 2.27. The van der Waals surface area contributed by atoms with Gasteiger partial charge < -0.3 is 10.6 Å². The average Bonchev–Trinajstić information content (AvgIpc) is 1.94. The summed E-state index contributed by atoms with van der Waals surface area (Å²) in [4.78, 5) is 0. The maximum absolute atomic E-state index is 3.52. The van der Waals surface area contributed by atoms with Gasteiger partial charge in [0.15, 0.2) is 0 Å². The zero-order valence-electron chi connectivity index (χ0n) is 5.69. The van der Waals surface area contributed by atoms with E-state index in [2.05, 4.69) is 10.6 Å². The molecule has 0 spiro atoms. The lowest BCUT2D eigenvalue weighted by molar-refractivity contribution is 0.227. The third-order valence-electron chi connectivity index (χ3n) is 2.53. The summed E-state index contributed by atoms with van der Waals surface area (Å²) >= 11 is 0. The Morgan fingerprint density at radius 1 is 1.11 bits per heavy atom. The Morgan fingerprint density at radius 2 is 2.11 bits per heavy atom. The smallest absolute Gasteiger partial charge is 0.0108 e. The van der Waals surface area contributed by atoms with Gasteiger partial charge in [-0.15, -0.1) is 0 Å². The molecule has 52 valence electrons. The molecule has 2 aliphatic rings. The minimum absolute atomic E-state index is 0.861. The molecule has 1 saturated heterocycles. The average molecular weight is 126 g/mol. The van der Waals surface area contributed by atoms with Crippen LogP contribution in [0.3, 0.4) is 0 Å². The SMILES string of the molecule is C1CNC2CCC2CN1. The molecule has 2 rings (SSSR count). The van der Waals surface area contributed by atoms with Gasteiger partial charge in [0.25, 0.3) is 0 Å². The Balaban J connectivity index is 1.90. The van der Waals surface area contributed by atoms with Gasteiger partial charge in [-0.05, 0) is 25.3 Å². The second-order valence-corrected chi connectivity index (χ2v) is 3.10. The van der Waals surface area contributed by atoms with Crippen LogP contribution in [-0.4, -0.2) is 25.7 Å². The van der Waals surface area contributed by atoms with Gasteiger partial charge >= 0.3 is 0 Å². The van der Waals surface area contributed by atoms with Crippen LogP contribution in [0.2, 0.25) is 0 Å². The Hall–Kier alpha value is -0.0800. The van der Waals surface area contributed by atoms with Crippen LogP contribution in [0, 0.1) is 5.92 Å². The van der Waals surface area contributed by atoms with Crippen molar-refractivity contribution in [3.8, 4) is 0 Å². The molecule has 2 N–H and O–H groups in total. The molecule has 2 nitrogen and oxygen atoms in total. The number of hydrogen-bond acceptors (Lipinski definition) is 2. The van der Waals surface area contributed by atoms with Crippen molar-refractivity contribution in [2.24, 2.45) is 5.92 Å². The lowest BCUT2D eigenvalue weighted by Crippen LogP contribution is -2.44. The first-order chi connectivity index (χ1) is 4.47. The fraction of sp³-hybridized carbons (Fsp3) is 1.00. The molecule has 2 atom stereocenters. The van der Waals surface area contributed by atoms with Crippen LogP contribution in [0.1, 0.15) is 12.8 Å². The van der Waals surface area contributed by atoms with E-state index in [-0.39, 0.29) is 0 Å². The molecule has 0 aromatic heterocycles. The highest BCUT2D eigenvalue weighted by molar-refractivity contribution is 4.89. The van der Waals surface area contributed by atoms with Crippen LogP contribution < -0.4 is 10.6 Å². The summed E-state index contributed by atoms with van der Waals surface area (Å²) in [6.45, 7) is 3.58. The first-order valence-corrected chi connectivity index (χ1v) is 3.91. The van der Waals surface area contributed by atoms with E-state index < -0.39 is 0 Å². The summed E-state index contributed by atoms with van der Waals surface area (Å²) in [6, 6.07) is 0.861. The van der Waals surface area contributed by atoms with E-state index in [1.54, 1.807) is 0 Å². The van der Waals surface area contributed by atoms with E-state index >= 15 is 0 Å². The normalized spacial score (nSPS) is 42.7. The van der Waals surface area contributed by atoms with Crippen LogP contribution >= 0.6 is 0 Å². The summed E-state index contributed by atoms with van der Waals surface area (Å²) in [6.07, 6.45) is 2.84. The highest BCUT2D eigenvalue weighted by Gasteiger charge is 2.30. The first-order valence-electron chi connectivity index (χ1n) is 3.91. The zero-order valence-corrected chi connectivity index (χ0v) is 5.69. The standard InChI is InChI=1S/C7H14N2/c1-2-7-6(1)5-8-3-4-9-7/h6-9H,1-5H2. The largest absolute Gasteiger partial charge is 0.315 e. The van der Waals surface area contributed by atoms with Gasteiger partial charge in [-0.2, -0.15) is 0 Å². The van der Waals surface area contributed by atoms with E-state index in [0.29, 0.717) is 0 Å². The van der Waals surface area contributed by atoms with E-state index in [0.717, 1.165) is 18.5 Å². The summed E-state index contributed by atoms with van der Waals surface area (Å²) in [5.41, 5.74) is 0. The van der Waals surface area contributed by atoms with Gasteiger partial charge in [0.05, 0.1) is 0 Å². The number of nitrogens with one attached hydrogen (secondary N) is 2. The van der Waals surface area contributed by atoms with Crippen molar-refractivity contribution in [2.75, 3.05) is 19.6 Å². The molecule has 0 radical (unpaired) electrons. The number of hydrogen-bond donors (Lipinski definition) is 2. The Bertz CT molecular complexity index is 91.1. The van der Waals surface area contributed by atoms with Gasteiger partial charge in [0.2, 0.25) is 0 Å². The van der Waals surface area contributed by atoms with Crippen LogP contribution in [0.5, 0.6) is 0 Å². The minimum atomic E-state index is 0.861. The predicted octanol–water partition coefficient (Wildman–Crippen LogP) is -0.0422. The van der Waals surface area contributed by atoms with E-state index in [1.807, 2.05) is 0 Å². The van der Waals surface area contributed by atoms with Gasteiger partial charge in [0.1, 0.15) is 0 Å². The van der Waals surface area contributed by atoms with Crippen molar-refractivity contribution in [1.82, 2.24) is 10.6 Å². The highest BCUT2D eigenvalue weighted by atomic mass is 15.0. The monoisotopic (exact) mass is 126 g/mol. The topological polar surface area (TPSA) is 24.1 Å². The van der Waals surface area contributed by atoms with E-state index in [4.69, 9.17) is 0 Å². The van der Waals surface area contributed by atoms with Crippen LogP contribution in [-0.2, 0) is 0 Å². The maximum Gasteiger partial charge on any atom is 0.0108 e. The molecule has 0 aromatic carbocycles. The summed E-state index contributed by atoms with van der Waals surface area (Å²) in [5.74, 6) is 0.951. The van der Waals surface area contributed by atoms with Crippen molar-refractivity contribution in [3.05, 3.63) is 0 Å². The highest BCUT2D eigenvalue weighted by Crippen LogP contribution is 2.26. The third kappa shape index (κ3) is 0.970. The lowest BCUT2D eigenvalue weighted by Gasteiger charge is -2.35. The third-order valence-corrected chi connectivity index (χ3v) is 2.53. The number of rotatable bonds is 0. The molecule has 0 bridgehead atoms. The van der Waals surface area contributed by atoms with Crippen LogP contribution in [0.25, 0.3) is 0 Å². The molecule has 0 aromatic rings. The van der Waals surface area contributed by atoms with Crippen molar-refractivity contribution in [1.29, 1.82) is 0 Å². The van der Waals surface area contributed by atoms with Crippen molar-refractivity contribution in [3.63, 3.8) is 0 Å². The quantitative estimate of drug-likeness (QED) is 0.476. The van der Waals surface area contributed by atoms with E-state index in [1.165, 1.54) is 25.9 Å². The van der Waals surface area contributed by atoms with Crippen molar-refractivity contribution >= 4 is 0 Å². The molecule has 1 aliphatic heterocycles. The zero-order chi connectivity index (χ0) is 6.10. The molecule has 1 aliphatic carbocycles. The van der Waals surface area contributed by atoms with Crippen LogP contribution in [0.4, 0.5) is 0 Å². The minimum Gasteiger partial charge on any atom is -0.315 e. The summed E-state index contributed by atoms with van der Waals surface area (Å²) in [5, 5.41) is 6.93. The Morgan fingerprint density at radius 3 is 2.89 bits per heavy atom. The number of fused-ring (bicyclic) bond motifs is 1. The maximum atomic E-state index is 3.52. The van der Waals surface area contributed by atoms with Gasteiger partial charge in [0, 0.05) is 19.1 Å². The van der Waals surface area contributed by atoms with E-state index in [9.17, 15) is 0 Å². The second-order valence-electron chi connectivity index (χ2n) is 3.10. The molecule has 1 heterocycles. The molecule has 0 amide bonds. The Labute approximate surface area is 56.0 Å². The first kappa shape index (κ1) is 5.69. The van der Waals surface area contributed by atoms with Gasteiger partial charge in [-0.1, -0.05) is 0 Å². The van der Waals surface area contributed by atoms with Crippen LogP contribution in [0.15, 0.2) is 0 Å². The summed E-state index contributed by atoms with van der Waals surface area (Å²) in [7, 11) is 0. The molecular weight excluding hydrogens is 112 g/mol. The molecule has 9 heavy (non-hydrogen) atoms.